The number of fused-ring (bicyclic) bond motifs is 1. The molecule has 0 unspecified atom stereocenters. The fourth-order valence-corrected chi connectivity index (χ4v) is 4.81. The molecule has 2 aliphatic heterocycles. The molecule has 16 heteroatoms. The number of hydrogen-bond donors (Lipinski definition) is 2. The number of nitrogens with zero attached hydrogens (tertiary/aromatic N) is 4. The number of aliphatic carboxylic acids is 2. The van der Waals surface area contributed by atoms with E-state index in [4.69, 9.17) is 24.2 Å². The first-order chi connectivity index (χ1) is 19.0. The minimum Gasteiger partial charge on any atom is -0.475 e. The highest BCUT2D eigenvalue weighted by molar-refractivity contribution is 5.84. The fourth-order valence-electron chi connectivity index (χ4n) is 4.81. The van der Waals surface area contributed by atoms with Crippen LogP contribution in [-0.4, -0.2) is 95.5 Å². The van der Waals surface area contributed by atoms with E-state index in [2.05, 4.69) is 14.8 Å². The van der Waals surface area contributed by atoms with Crippen LogP contribution in [0.15, 0.2) is 47.4 Å². The third-order valence-corrected chi connectivity index (χ3v) is 6.55. The Labute approximate surface area is 231 Å². The van der Waals surface area contributed by atoms with Crippen molar-refractivity contribution >= 4 is 23.7 Å². The monoisotopic (exact) mass is 596 g/mol. The maximum Gasteiger partial charge on any atom is 0.490 e. The van der Waals surface area contributed by atoms with Gasteiger partial charge in [0.1, 0.15) is 5.82 Å². The Bertz CT molecular complexity index is 1120. The van der Waals surface area contributed by atoms with Gasteiger partial charge in [0.05, 0.1) is 17.9 Å². The second-order valence-corrected chi connectivity index (χ2v) is 9.70. The molecule has 0 aliphatic carbocycles. The van der Waals surface area contributed by atoms with Crippen molar-refractivity contribution < 1.29 is 55.4 Å². The normalized spacial score (nSPS) is 20.9. The second kappa shape index (κ2) is 13.7. The molecular formula is C25H30F6N4O6. The van der Waals surface area contributed by atoms with Crippen molar-refractivity contribution in [2.24, 2.45) is 11.3 Å². The number of amides is 1. The van der Waals surface area contributed by atoms with Crippen LogP contribution in [0.25, 0.3) is 0 Å². The maximum atomic E-state index is 13.3. The Morgan fingerprint density at radius 2 is 1.66 bits per heavy atom. The molecule has 2 aliphatic rings. The predicted octanol–water partition coefficient (Wildman–Crippen LogP) is 3.75. The first-order valence-electron chi connectivity index (χ1n) is 12.2. The Balaban J connectivity index is 0.000000349. The number of carbonyl (C=O) groups is 3. The van der Waals surface area contributed by atoms with E-state index < -0.39 is 24.3 Å². The van der Waals surface area contributed by atoms with Crippen molar-refractivity contribution in [2.45, 2.75) is 31.7 Å². The molecule has 2 aromatic rings. The number of likely N-dealkylation sites (tertiary alicyclic amines) is 1. The summed E-state index contributed by atoms with van der Waals surface area (Å²) in [5, 5.41) is 14.2. The summed E-state index contributed by atoms with van der Waals surface area (Å²) in [6.07, 6.45) is -2.83. The van der Waals surface area contributed by atoms with E-state index in [0.717, 1.165) is 51.4 Å². The largest absolute Gasteiger partial charge is 0.490 e. The van der Waals surface area contributed by atoms with E-state index in [1.165, 1.54) is 5.56 Å². The number of aromatic nitrogens is 1. The molecule has 4 rings (SSSR count). The number of hydrogen-bond acceptors (Lipinski definition) is 7. The highest BCUT2D eigenvalue weighted by Crippen LogP contribution is 2.45. The van der Waals surface area contributed by atoms with Crippen LogP contribution in [0.2, 0.25) is 0 Å². The van der Waals surface area contributed by atoms with Gasteiger partial charge >= 0.3 is 24.3 Å². The highest BCUT2D eigenvalue weighted by atomic mass is 19.4. The molecule has 4 heterocycles. The molecule has 10 nitrogen and oxygen atoms in total. The van der Waals surface area contributed by atoms with Gasteiger partial charge in [0.25, 0.3) is 0 Å². The van der Waals surface area contributed by atoms with Crippen molar-refractivity contribution in [3.05, 3.63) is 48.6 Å². The summed E-state index contributed by atoms with van der Waals surface area (Å²) >= 11 is 0. The van der Waals surface area contributed by atoms with Crippen LogP contribution in [-0.2, 0) is 20.9 Å². The molecule has 0 aromatic carbocycles. The van der Waals surface area contributed by atoms with Crippen LogP contribution < -0.4 is 4.90 Å². The highest BCUT2D eigenvalue weighted by Gasteiger charge is 2.53. The molecule has 0 saturated carbocycles. The molecule has 41 heavy (non-hydrogen) atoms. The van der Waals surface area contributed by atoms with Gasteiger partial charge in [-0.15, -0.1) is 0 Å². The minimum atomic E-state index is -5.08. The van der Waals surface area contributed by atoms with E-state index in [1.54, 1.807) is 11.2 Å². The number of furan rings is 1. The summed E-state index contributed by atoms with van der Waals surface area (Å²) in [4.78, 5) is 42.2. The number of carboxylic acids is 2. The Kier molecular flexibility index (Phi) is 11.2. The third-order valence-electron chi connectivity index (χ3n) is 6.55. The fraction of sp³-hybridized carbons (Fsp3) is 0.520. The summed E-state index contributed by atoms with van der Waals surface area (Å²) in [5.74, 6) is -3.99. The summed E-state index contributed by atoms with van der Waals surface area (Å²) in [6.45, 7) is 4.45. The standard InChI is InChI=1S/C21H28N4O2.2C2HF3O2/c1-23(2)20(26)21-8-5-10-24(12-17-7-11-27-15-17)13-18(21)14-25(16-21)19-6-3-4-9-22-19;2*3-2(4,5)1(6)7/h3-4,6-7,9,11,15,18H,5,8,10,12-14,16H2,1-2H3;2*(H,6,7)/t18-,21-;;/m0../s1. The van der Waals surface area contributed by atoms with Crippen LogP contribution >= 0.6 is 0 Å². The van der Waals surface area contributed by atoms with Crippen molar-refractivity contribution in [1.29, 1.82) is 0 Å². The smallest absolute Gasteiger partial charge is 0.475 e. The number of carboxylic acid groups (broad SMARTS) is 2. The number of anilines is 1. The minimum absolute atomic E-state index is 0.260. The van der Waals surface area contributed by atoms with E-state index in [1.807, 2.05) is 50.8 Å². The van der Waals surface area contributed by atoms with Crippen LogP contribution in [0.1, 0.15) is 18.4 Å². The lowest BCUT2D eigenvalue weighted by atomic mass is 9.74. The molecule has 228 valence electrons. The molecule has 2 fully saturated rings. The predicted molar refractivity (Wildman–Crippen MR) is 132 cm³/mol. The SMILES string of the molecule is CN(C)C(=O)[C@]12CCCN(Cc3ccoc3)C[C@H]1CN(c1ccccn1)C2.O=C(O)C(F)(F)F.O=C(O)C(F)(F)F. The van der Waals surface area contributed by atoms with Gasteiger partial charge in [0, 0.05) is 58.0 Å². The second-order valence-electron chi connectivity index (χ2n) is 9.70. The molecule has 0 radical (unpaired) electrons. The van der Waals surface area contributed by atoms with Crippen LogP contribution in [0, 0.1) is 11.3 Å². The number of carbonyl (C=O) groups excluding carboxylic acids is 1. The molecule has 2 N–H and O–H groups in total. The summed E-state index contributed by atoms with van der Waals surface area (Å²) in [7, 11) is 3.76. The van der Waals surface area contributed by atoms with E-state index in [-0.39, 0.29) is 11.3 Å². The lowest BCUT2D eigenvalue weighted by Crippen LogP contribution is -2.47. The van der Waals surface area contributed by atoms with E-state index in [0.29, 0.717) is 5.92 Å². The first kappa shape index (κ1) is 33.4. The average Bonchev–Trinajstić information content (AvgIpc) is 3.48. The quantitative estimate of drug-likeness (QED) is 0.508. The van der Waals surface area contributed by atoms with Crippen molar-refractivity contribution in [3.63, 3.8) is 0 Å². The number of pyridine rings is 1. The maximum absolute atomic E-state index is 13.3. The van der Waals surface area contributed by atoms with Gasteiger partial charge in [0.15, 0.2) is 0 Å². The summed E-state index contributed by atoms with van der Waals surface area (Å²) in [5.41, 5.74) is 0.868. The first-order valence-corrected chi connectivity index (χ1v) is 12.2. The Morgan fingerprint density at radius 3 is 2.12 bits per heavy atom. The number of rotatable bonds is 4. The lowest BCUT2D eigenvalue weighted by molar-refractivity contribution is -0.193. The number of alkyl halides is 6. The van der Waals surface area contributed by atoms with Gasteiger partial charge in [0.2, 0.25) is 5.91 Å². The molecule has 0 bridgehead atoms. The zero-order valence-corrected chi connectivity index (χ0v) is 22.2. The van der Waals surface area contributed by atoms with Crippen molar-refractivity contribution in [1.82, 2.24) is 14.8 Å². The summed E-state index contributed by atoms with van der Waals surface area (Å²) < 4.78 is 68.7. The topological polar surface area (TPSA) is 127 Å². The number of halogens is 6. The zero-order chi connectivity index (χ0) is 31.0. The molecule has 1 amide bonds. The van der Waals surface area contributed by atoms with Gasteiger partial charge < -0.3 is 24.4 Å². The van der Waals surface area contributed by atoms with Crippen LogP contribution in [0.4, 0.5) is 32.2 Å². The molecule has 0 spiro atoms. The van der Waals surface area contributed by atoms with Crippen LogP contribution in [0.5, 0.6) is 0 Å². The van der Waals surface area contributed by atoms with Crippen LogP contribution in [0.3, 0.4) is 0 Å². The summed E-state index contributed by atoms with van der Waals surface area (Å²) in [6, 6.07) is 8.02. The van der Waals surface area contributed by atoms with Gasteiger partial charge in [-0.25, -0.2) is 14.6 Å². The van der Waals surface area contributed by atoms with Gasteiger partial charge in [-0.05, 0) is 37.6 Å². The lowest BCUT2D eigenvalue weighted by Gasteiger charge is -2.34. The third kappa shape index (κ3) is 9.37. The molecular weight excluding hydrogens is 566 g/mol. The van der Waals surface area contributed by atoms with Gasteiger partial charge in [-0.2, -0.15) is 26.3 Å². The molecule has 2 atom stereocenters. The van der Waals surface area contributed by atoms with Gasteiger partial charge in [-0.1, -0.05) is 6.07 Å². The Hall–Kier alpha value is -3.82. The molecule has 2 aromatic heterocycles. The average molecular weight is 597 g/mol. The zero-order valence-electron chi connectivity index (χ0n) is 22.2. The van der Waals surface area contributed by atoms with Gasteiger partial charge in [-0.3, -0.25) is 9.69 Å². The Morgan fingerprint density at radius 1 is 1.05 bits per heavy atom. The van der Waals surface area contributed by atoms with Crippen molar-refractivity contribution in [3.8, 4) is 0 Å². The van der Waals surface area contributed by atoms with E-state index >= 15 is 0 Å². The van der Waals surface area contributed by atoms with E-state index in [9.17, 15) is 31.1 Å². The molecule has 2 saturated heterocycles. The van der Waals surface area contributed by atoms with Crippen molar-refractivity contribution in [2.75, 3.05) is 45.2 Å².